The molecule has 3 aromatic heterocycles. The van der Waals surface area contributed by atoms with Crippen molar-refractivity contribution in [2.45, 2.75) is 47.1 Å². The largest absolute Gasteiger partial charge is 0.467 e. The Morgan fingerprint density at radius 1 is 1.29 bits per heavy atom. The lowest BCUT2D eigenvalue weighted by molar-refractivity contribution is 0.518. The van der Waals surface area contributed by atoms with E-state index in [2.05, 4.69) is 27.2 Å². The Morgan fingerprint density at radius 2 is 2.08 bits per heavy atom. The number of nitrogens with zero attached hydrogens (tertiary/aromatic N) is 2. The van der Waals surface area contributed by atoms with Gasteiger partial charge in [0.15, 0.2) is 0 Å². The predicted molar refractivity (Wildman–Crippen MR) is 98.1 cm³/mol. The molecule has 0 saturated carbocycles. The van der Waals surface area contributed by atoms with Gasteiger partial charge < -0.3 is 20.5 Å². The van der Waals surface area contributed by atoms with Crippen molar-refractivity contribution in [1.29, 1.82) is 0 Å². The van der Waals surface area contributed by atoms with E-state index in [9.17, 15) is 0 Å². The number of H-pyrrole nitrogens is 1. The van der Waals surface area contributed by atoms with E-state index in [1.807, 2.05) is 32.9 Å². The second-order valence-electron chi connectivity index (χ2n) is 5.27. The third kappa shape index (κ3) is 3.76. The van der Waals surface area contributed by atoms with Gasteiger partial charge in [0.05, 0.1) is 18.2 Å². The van der Waals surface area contributed by atoms with Crippen LogP contribution in [0.1, 0.15) is 43.6 Å². The van der Waals surface area contributed by atoms with Crippen molar-refractivity contribution in [1.82, 2.24) is 15.0 Å². The van der Waals surface area contributed by atoms with Crippen LogP contribution in [0.5, 0.6) is 0 Å². The molecule has 0 aliphatic heterocycles. The first kappa shape index (κ1) is 18.0. The van der Waals surface area contributed by atoms with E-state index in [0.29, 0.717) is 13.1 Å². The molecule has 3 aromatic rings. The summed E-state index contributed by atoms with van der Waals surface area (Å²) in [5, 5.41) is 4.40. The summed E-state index contributed by atoms with van der Waals surface area (Å²) in [7, 11) is 0. The van der Waals surface area contributed by atoms with Crippen LogP contribution in [0.4, 0.5) is 5.82 Å². The number of aromatic amines is 1. The number of aromatic nitrogens is 3. The van der Waals surface area contributed by atoms with Crippen molar-refractivity contribution in [3.05, 3.63) is 41.2 Å². The van der Waals surface area contributed by atoms with Crippen LogP contribution in [0, 0.1) is 6.92 Å². The van der Waals surface area contributed by atoms with Gasteiger partial charge in [-0.1, -0.05) is 20.8 Å². The summed E-state index contributed by atoms with van der Waals surface area (Å²) < 4.78 is 5.37. The number of fused-ring (bicyclic) bond motifs is 1. The van der Waals surface area contributed by atoms with E-state index < -0.39 is 0 Å². The zero-order chi connectivity index (χ0) is 17.5. The zero-order valence-electron chi connectivity index (χ0n) is 14.9. The molecule has 0 spiro atoms. The Labute approximate surface area is 142 Å². The third-order valence-corrected chi connectivity index (χ3v) is 3.77. The van der Waals surface area contributed by atoms with Gasteiger partial charge in [0.1, 0.15) is 23.0 Å². The molecule has 3 heterocycles. The number of furan rings is 1. The molecule has 0 amide bonds. The molecule has 4 N–H and O–H groups in total. The summed E-state index contributed by atoms with van der Waals surface area (Å²) >= 11 is 0. The van der Waals surface area contributed by atoms with Crippen LogP contribution < -0.4 is 11.1 Å². The van der Waals surface area contributed by atoms with E-state index in [4.69, 9.17) is 10.2 Å². The summed E-state index contributed by atoms with van der Waals surface area (Å²) in [6.07, 6.45) is 3.27. The number of rotatable bonds is 6. The first-order valence-electron chi connectivity index (χ1n) is 8.57. The highest BCUT2D eigenvalue weighted by atomic mass is 16.3. The molecule has 0 saturated heterocycles. The summed E-state index contributed by atoms with van der Waals surface area (Å²) in [4.78, 5) is 12.6. The van der Waals surface area contributed by atoms with E-state index in [1.165, 1.54) is 0 Å². The first-order chi connectivity index (χ1) is 11.7. The van der Waals surface area contributed by atoms with Crippen LogP contribution in [0.2, 0.25) is 0 Å². The zero-order valence-corrected chi connectivity index (χ0v) is 14.9. The Balaban J connectivity index is 0.00000100. The van der Waals surface area contributed by atoms with Gasteiger partial charge in [-0.2, -0.15) is 0 Å². The van der Waals surface area contributed by atoms with Crippen LogP contribution in [0.25, 0.3) is 11.0 Å². The van der Waals surface area contributed by atoms with Crippen LogP contribution in [-0.2, 0) is 19.4 Å². The van der Waals surface area contributed by atoms with Gasteiger partial charge >= 0.3 is 0 Å². The summed E-state index contributed by atoms with van der Waals surface area (Å²) in [5.74, 6) is 2.53. The van der Waals surface area contributed by atoms with Crippen LogP contribution >= 0.6 is 0 Å². The third-order valence-electron chi connectivity index (χ3n) is 3.77. The first-order valence-corrected chi connectivity index (χ1v) is 8.57. The van der Waals surface area contributed by atoms with Crippen molar-refractivity contribution in [2.24, 2.45) is 5.73 Å². The van der Waals surface area contributed by atoms with Gasteiger partial charge in [0.25, 0.3) is 0 Å². The van der Waals surface area contributed by atoms with E-state index in [-0.39, 0.29) is 0 Å². The summed E-state index contributed by atoms with van der Waals surface area (Å²) in [6, 6.07) is 3.82. The second kappa shape index (κ2) is 8.49. The fourth-order valence-corrected chi connectivity index (χ4v) is 2.60. The van der Waals surface area contributed by atoms with Crippen molar-refractivity contribution in [3.8, 4) is 0 Å². The lowest BCUT2D eigenvalue weighted by Gasteiger charge is -2.08. The van der Waals surface area contributed by atoms with Gasteiger partial charge in [-0.25, -0.2) is 9.97 Å². The van der Waals surface area contributed by atoms with Crippen molar-refractivity contribution >= 4 is 16.9 Å². The number of aryl methyl sites for hydroxylation is 2. The highest BCUT2D eigenvalue weighted by Crippen LogP contribution is 2.27. The molecule has 0 aliphatic carbocycles. The Morgan fingerprint density at radius 3 is 2.71 bits per heavy atom. The second-order valence-corrected chi connectivity index (χ2v) is 5.27. The van der Waals surface area contributed by atoms with Crippen LogP contribution in [0.3, 0.4) is 0 Å². The van der Waals surface area contributed by atoms with E-state index >= 15 is 0 Å². The number of anilines is 1. The van der Waals surface area contributed by atoms with Crippen molar-refractivity contribution in [2.75, 3.05) is 11.9 Å². The summed E-state index contributed by atoms with van der Waals surface area (Å²) in [6.45, 7) is 9.33. The van der Waals surface area contributed by atoms with Crippen molar-refractivity contribution in [3.63, 3.8) is 0 Å². The molecule has 6 heteroatoms. The lowest BCUT2D eigenvalue weighted by Crippen LogP contribution is -2.05. The normalized spacial score (nSPS) is 10.5. The summed E-state index contributed by atoms with van der Waals surface area (Å²) in [5.41, 5.74) is 8.84. The number of nitrogens with one attached hydrogen (secondary N) is 2. The SMILES string of the molecule is CC.CCc1nc(NCc2ccco2)c2c(C)c(CCN)[nH]c2n1. The average molecular weight is 329 g/mol. The molecule has 0 fully saturated rings. The lowest BCUT2D eigenvalue weighted by atomic mass is 10.1. The standard InChI is InChI=1S/C16H21N5O.C2H6/c1-3-13-20-15(18-9-11-5-4-8-22-11)14-10(2)12(6-7-17)19-16(14)21-13;1-2/h4-5,8H,3,6-7,9,17H2,1-2H3,(H2,18,19,20,21);1-2H3. The quantitative estimate of drug-likeness (QED) is 0.643. The molecule has 0 aliphatic rings. The Bertz CT molecular complexity index is 761. The molecule has 130 valence electrons. The molecular formula is C18H27N5O. The minimum Gasteiger partial charge on any atom is -0.467 e. The highest BCUT2D eigenvalue weighted by Gasteiger charge is 2.15. The smallest absolute Gasteiger partial charge is 0.143 e. The number of nitrogens with two attached hydrogens (primary N) is 1. The monoisotopic (exact) mass is 329 g/mol. The fraction of sp³-hybridized carbons (Fsp3) is 0.444. The molecule has 0 atom stereocenters. The maximum Gasteiger partial charge on any atom is 0.143 e. The topological polar surface area (TPSA) is 92.8 Å². The van der Waals surface area contributed by atoms with Crippen molar-refractivity contribution < 1.29 is 4.42 Å². The van der Waals surface area contributed by atoms with Crippen LogP contribution in [-0.4, -0.2) is 21.5 Å². The molecule has 0 bridgehead atoms. The molecule has 0 radical (unpaired) electrons. The minimum absolute atomic E-state index is 0.596. The Kier molecular flexibility index (Phi) is 6.37. The average Bonchev–Trinajstić information content (AvgIpc) is 3.23. The predicted octanol–water partition coefficient (Wildman–Crippen LogP) is 3.56. The maximum absolute atomic E-state index is 5.68. The van der Waals surface area contributed by atoms with Crippen LogP contribution in [0.15, 0.2) is 22.8 Å². The maximum atomic E-state index is 5.68. The van der Waals surface area contributed by atoms with Gasteiger partial charge in [0, 0.05) is 18.5 Å². The number of hydrogen-bond acceptors (Lipinski definition) is 5. The molecule has 0 unspecified atom stereocenters. The van der Waals surface area contributed by atoms with Gasteiger partial charge in [0.2, 0.25) is 0 Å². The molecular weight excluding hydrogens is 302 g/mol. The minimum atomic E-state index is 0.596. The van der Waals surface area contributed by atoms with Gasteiger partial charge in [-0.3, -0.25) is 0 Å². The van der Waals surface area contributed by atoms with Gasteiger partial charge in [-0.15, -0.1) is 0 Å². The molecule has 3 rings (SSSR count). The molecule has 6 nitrogen and oxygen atoms in total. The van der Waals surface area contributed by atoms with E-state index in [1.54, 1.807) is 6.26 Å². The number of hydrogen-bond donors (Lipinski definition) is 3. The van der Waals surface area contributed by atoms with E-state index in [0.717, 1.165) is 52.5 Å². The Hall–Kier alpha value is -2.34. The highest BCUT2D eigenvalue weighted by molar-refractivity contribution is 5.91. The van der Waals surface area contributed by atoms with Gasteiger partial charge in [-0.05, 0) is 31.2 Å². The fourth-order valence-electron chi connectivity index (χ4n) is 2.60. The molecule has 0 aromatic carbocycles. The molecule has 24 heavy (non-hydrogen) atoms.